The topological polar surface area (TPSA) is 66.8 Å². The molecule has 4 nitrogen and oxygen atoms in total. The highest BCUT2D eigenvalue weighted by Gasteiger charge is 2.37. The summed E-state index contributed by atoms with van der Waals surface area (Å²) in [6.45, 7) is 6.17. The lowest BCUT2D eigenvalue weighted by atomic mass is 9.68. The Morgan fingerprint density at radius 1 is 1.13 bits per heavy atom. The van der Waals surface area contributed by atoms with E-state index >= 15 is 0 Å². The first-order chi connectivity index (χ1) is 14.3. The number of carbonyl (C=O) groups excluding carboxylic acids is 1. The maximum Gasteiger partial charge on any atom is 0.174 e. The zero-order valence-electron chi connectivity index (χ0n) is 18.1. The van der Waals surface area contributed by atoms with Crippen molar-refractivity contribution >= 4 is 5.78 Å². The highest BCUT2D eigenvalue weighted by molar-refractivity contribution is 6.03. The Morgan fingerprint density at radius 3 is 2.33 bits per heavy atom. The zero-order valence-corrected chi connectivity index (χ0v) is 18.1. The largest absolute Gasteiger partial charge is 0.507 e. The molecule has 30 heavy (non-hydrogen) atoms. The van der Waals surface area contributed by atoms with Crippen molar-refractivity contribution in [2.45, 2.75) is 39.5 Å². The molecule has 0 fully saturated rings. The monoisotopic (exact) mass is 406 g/mol. The molecule has 0 saturated heterocycles. The fourth-order valence-corrected chi connectivity index (χ4v) is 4.34. The highest BCUT2D eigenvalue weighted by atomic mass is 16.5. The number of allylic oxidation sites excluding steroid dienone is 4. The van der Waals surface area contributed by atoms with Crippen LogP contribution in [0.2, 0.25) is 0 Å². The summed E-state index contributed by atoms with van der Waals surface area (Å²) >= 11 is 0. The smallest absolute Gasteiger partial charge is 0.174 e. The fraction of sp³-hybridized carbons (Fsp3) is 0.346. The molecule has 3 unspecified atom stereocenters. The minimum atomic E-state index is -0.346. The van der Waals surface area contributed by atoms with E-state index in [1.54, 1.807) is 0 Å². The number of phenols is 2. The number of rotatable bonds is 6. The third kappa shape index (κ3) is 4.59. The number of methoxy groups -OCH3 is 1. The molecule has 2 aromatic carbocycles. The summed E-state index contributed by atoms with van der Waals surface area (Å²) in [4.78, 5) is 13.6. The van der Waals surface area contributed by atoms with E-state index in [0.717, 1.165) is 6.42 Å². The first-order valence-corrected chi connectivity index (χ1v) is 10.3. The molecule has 3 atom stereocenters. The molecule has 1 aliphatic rings. The van der Waals surface area contributed by atoms with Crippen molar-refractivity contribution < 1.29 is 19.7 Å². The van der Waals surface area contributed by atoms with Gasteiger partial charge in [0.1, 0.15) is 22.8 Å². The van der Waals surface area contributed by atoms with Crippen molar-refractivity contribution in [1.82, 2.24) is 0 Å². The second-order valence-electron chi connectivity index (χ2n) is 8.30. The Hall–Kier alpha value is -3.01. The average molecular weight is 407 g/mol. The summed E-state index contributed by atoms with van der Waals surface area (Å²) in [5.41, 5.74) is 3.51. The molecule has 0 bridgehead atoms. The van der Waals surface area contributed by atoms with Gasteiger partial charge in [-0.2, -0.15) is 0 Å². The number of carbonyl (C=O) groups is 1. The number of aromatic hydroxyl groups is 2. The molecule has 3 rings (SSSR count). The minimum absolute atomic E-state index is 0.0215. The molecule has 2 aromatic rings. The van der Waals surface area contributed by atoms with E-state index in [2.05, 4.69) is 31.2 Å². The van der Waals surface area contributed by atoms with Crippen LogP contribution in [-0.4, -0.2) is 23.1 Å². The van der Waals surface area contributed by atoms with E-state index in [0.29, 0.717) is 12.2 Å². The maximum absolute atomic E-state index is 13.6. The van der Waals surface area contributed by atoms with E-state index in [9.17, 15) is 15.0 Å². The van der Waals surface area contributed by atoms with Crippen LogP contribution in [0.1, 0.15) is 55.5 Å². The molecule has 1 aliphatic carbocycles. The van der Waals surface area contributed by atoms with Gasteiger partial charge in [0.2, 0.25) is 0 Å². The Balaban J connectivity index is 2.03. The van der Waals surface area contributed by atoms with Gasteiger partial charge < -0.3 is 14.9 Å². The molecule has 158 valence electrons. The molecule has 0 spiro atoms. The molecule has 0 radical (unpaired) electrons. The van der Waals surface area contributed by atoms with Crippen molar-refractivity contribution in [3.8, 4) is 17.2 Å². The summed E-state index contributed by atoms with van der Waals surface area (Å²) in [6, 6.07) is 12.9. The van der Waals surface area contributed by atoms with Crippen molar-refractivity contribution in [2.24, 2.45) is 11.8 Å². The molecular formula is C26H30O4. The Labute approximate surface area is 178 Å². The second kappa shape index (κ2) is 9.21. The highest BCUT2D eigenvalue weighted by Crippen LogP contribution is 2.44. The van der Waals surface area contributed by atoms with Gasteiger partial charge >= 0.3 is 0 Å². The summed E-state index contributed by atoms with van der Waals surface area (Å²) < 4.78 is 5.09. The lowest BCUT2D eigenvalue weighted by Gasteiger charge is -2.34. The molecule has 2 N–H and O–H groups in total. The van der Waals surface area contributed by atoms with E-state index in [-0.39, 0.29) is 40.6 Å². The maximum atomic E-state index is 13.6. The van der Waals surface area contributed by atoms with Gasteiger partial charge in [-0.15, -0.1) is 0 Å². The van der Waals surface area contributed by atoms with Gasteiger partial charge in [0.15, 0.2) is 5.78 Å². The number of phenolic OH excluding ortho intramolecular Hbond substituents is 2. The van der Waals surface area contributed by atoms with Crippen LogP contribution in [0, 0.1) is 11.8 Å². The van der Waals surface area contributed by atoms with Gasteiger partial charge in [-0.05, 0) is 45.1 Å². The number of benzene rings is 2. The van der Waals surface area contributed by atoms with Crippen LogP contribution in [0.15, 0.2) is 65.8 Å². The van der Waals surface area contributed by atoms with Crippen LogP contribution in [0.25, 0.3) is 0 Å². The van der Waals surface area contributed by atoms with Crippen LogP contribution < -0.4 is 4.74 Å². The van der Waals surface area contributed by atoms with Crippen LogP contribution in [-0.2, 0) is 0 Å². The van der Waals surface area contributed by atoms with Crippen LogP contribution >= 0.6 is 0 Å². The molecule has 0 aromatic heterocycles. The first kappa shape index (κ1) is 21.7. The van der Waals surface area contributed by atoms with E-state index < -0.39 is 0 Å². The van der Waals surface area contributed by atoms with Crippen molar-refractivity contribution in [3.05, 3.63) is 76.9 Å². The lowest BCUT2D eigenvalue weighted by molar-refractivity contribution is 0.0860. The molecule has 0 amide bonds. The fourth-order valence-electron chi connectivity index (χ4n) is 4.34. The van der Waals surface area contributed by atoms with Crippen LogP contribution in [0.4, 0.5) is 0 Å². The predicted octanol–water partition coefficient (Wildman–Crippen LogP) is 6.01. The summed E-state index contributed by atoms with van der Waals surface area (Å²) in [5, 5.41) is 20.9. The Kier molecular flexibility index (Phi) is 6.66. The van der Waals surface area contributed by atoms with Gasteiger partial charge in [0, 0.05) is 24.0 Å². The van der Waals surface area contributed by atoms with Crippen molar-refractivity contribution in [1.29, 1.82) is 0 Å². The van der Waals surface area contributed by atoms with Gasteiger partial charge in [-0.25, -0.2) is 0 Å². The predicted molar refractivity (Wildman–Crippen MR) is 119 cm³/mol. The van der Waals surface area contributed by atoms with Gasteiger partial charge in [0.05, 0.1) is 7.11 Å². The molecule has 4 heteroatoms. The standard InChI is InChI=1S/C26H30O4/c1-16(2)10-11-21-17(3)12-19(18-8-6-5-7-9-18)13-22(21)26(29)25-23(27)14-20(30-4)15-24(25)28/h5-10,12,14-15,19,21-22,27-28H,11,13H2,1-4H3. The van der Waals surface area contributed by atoms with Gasteiger partial charge in [0.25, 0.3) is 0 Å². The molecule has 0 aliphatic heterocycles. The third-order valence-electron chi connectivity index (χ3n) is 5.94. The molecule has 0 heterocycles. The summed E-state index contributed by atoms with van der Waals surface area (Å²) in [5.74, 6) is -0.625. The van der Waals surface area contributed by atoms with E-state index in [1.165, 1.54) is 36.0 Å². The second-order valence-corrected chi connectivity index (χ2v) is 8.30. The summed E-state index contributed by atoms with van der Waals surface area (Å²) in [7, 11) is 1.45. The van der Waals surface area contributed by atoms with E-state index in [1.807, 2.05) is 32.0 Å². The Morgan fingerprint density at radius 2 is 1.77 bits per heavy atom. The number of Topliss-reactive ketones (excluding diaryl/α,β-unsaturated/α-hetero) is 1. The Bertz CT molecular complexity index is 945. The number of hydrogen-bond acceptors (Lipinski definition) is 4. The lowest BCUT2D eigenvalue weighted by Crippen LogP contribution is -2.30. The van der Waals surface area contributed by atoms with Crippen molar-refractivity contribution in [3.63, 3.8) is 0 Å². The van der Waals surface area contributed by atoms with E-state index in [4.69, 9.17) is 4.74 Å². The first-order valence-electron chi connectivity index (χ1n) is 10.3. The summed E-state index contributed by atoms with van der Waals surface area (Å²) in [6.07, 6.45) is 5.79. The normalized spacial score (nSPS) is 20.9. The average Bonchev–Trinajstić information content (AvgIpc) is 2.72. The quantitative estimate of drug-likeness (QED) is 0.455. The third-order valence-corrected chi connectivity index (χ3v) is 5.94. The zero-order chi connectivity index (χ0) is 21.8. The number of ketones is 1. The van der Waals surface area contributed by atoms with Crippen molar-refractivity contribution in [2.75, 3.05) is 7.11 Å². The number of hydrogen-bond donors (Lipinski definition) is 2. The van der Waals surface area contributed by atoms with Gasteiger partial charge in [-0.3, -0.25) is 4.79 Å². The molecular weight excluding hydrogens is 376 g/mol. The van der Waals surface area contributed by atoms with Crippen LogP contribution in [0.3, 0.4) is 0 Å². The SMILES string of the molecule is COc1cc(O)c(C(=O)C2CC(c3ccccc3)C=C(C)C2CC=C(C)C)c(O)c1. The minimum Gasteiger partial charge on any atom is -0.507 e. The van der Waals surface area contributed by atoms with Crippen LogP contribution in [0.5, 0.6) is 17.2 Å². The van der Waals surface area contributed by atoms with Gasteiger partial charge in [-0.1, -0.05) is 53.6 Å². The number of ether oxygens (including phenoxy) is 1. The molecule has 0 saturated carbocycles.